The first-order valence-electron chi connectivity index (χ1n) is 8.66. The van der Waals surface area contributed by atoms with Gasteiger partial charge in [0.05, 0.1) is 30.7 Å². The molecule has 0 saturated carbocycles. The van der Waals surface area contributed by atoms with Gasteiger partial charge in [0.1, 0.15) is 11.4 Å². The van der Waals surface area contributed by atoms with Crippen molar-refractivity contribution in [2.24, 2.45) is 5.10 Å². The van der Waals surface area contributed by atoms with Crippen LogP contribution >= 0.6 is 0 Å². The highest BCUT2D eigenvalue weighted by atomic mass is 16.5. The fourth-order valence-electron chi connectivity index (χ4n) is 2.86. The second-order valence-corrected chi connectivity index (χ2v) is 6.03. The number of rotatable bonds is 5. The lowest BCUT2D eigenvalue weighted by Gasteiger charge is -2.07. The molecule has 6 nitrogen and oxygen atoms in total. The van der Waals surface area contributed by atoms with E-state index in [4.69, 9.17) is 9.15 Å². The number of carbonyl (C=O) groups excluding carboxylic acids is 1. The van der Waals surface area contributed by atoms with Crippen molar-refractivity contribution in [3.63, 3.8) is 0 Å². The molecule has 4 aromatic rings. The van der Waals surface area contributed by atoms with Gasteiger partial charge in [0, 0.05) is 5.39 Å². The van der Waals surface area contributed by atoms with E-state index in [1.807, 2.05) is 48.5 Å². The number of furan rings is 1. The summed E-state index contributed by atoms with van der Waals surface area (Å²) in [6.07, 6.45) is 3.14. The number of hydrogen-bond acceptors (Lipinski definition) is 5. The third kappa shape index (κ3) is 3.61. The molecule has 0 unspecified atom stereocenters. The molecule has 1 amide bonds. The van der Waals surface area contributed by atoms with Gasteiger partial charge in [-0.1, -0.05) is 30.3 Å². The summed E-state index contributed by atoms with van der Waals surface area (Å²) in [7, 11) is 1.60. The van der Waals surface area contributed by atoms with Gasteiger partial charge in [0.15, 0.2) is 5.76 Å². The van der Waals surface area contributed by atoms with Gasteiger partial charge >= 0.3 is 0 Å². The van der Waals surface area contributed by atoms with E-state index in [2.05, 4.69) is 15.5 Å². The molecule has 0 fully saturated rings. The van der Waals surface area contributed by atoms with Crippen molar-refractivity contribution in [3.8, 4) is 17.2 Å². The molecule has 6 heteroatoms. The molecule has 2 heterocycles. The maximum absolute atomic E-state index is 12.8. The molecule has 0 aliphatic carbocycles. The molecule has 0 spiro atoms. The zero-order chi connectivity index (χ0) is 19.3. The molecule has 2 aromatic heterocycles. The molecular weight excluding hydrogens is 354 g/mol. The number of benzene rings is 2. The number of nitrogens with zero attached hydrogens (tertiary/aromatic N) is 2. The first kappa shape index (κ1) is 17.5. The van der Waals surface area contributed by atoms with Gasteiger partial charge in [-0.2, -0.15) is 5.10 Å². The minimum absolute atomic E-state index is 0.328. The Labute approximate surface area is 161 Å². The highest BCUT2D eigenvalue weighted by molar-refractivity contribution is 6.07. The maximum atomic E-state index is 12.8. The average Bonchev–Trinajstić information content (AvgIpc) is 3.28. The number of hydrazone groups is 1. The fraction of sp³-hybridized carbons (Fsp3) is 0.0455. The number of pyridine rings is 1. The molecule has 0 aliphatic heterocycles. The number of ether oxygens (including phenoxy) is 1. The fourth-order valence-corrected chi connectivity index (χ4v) is 2.86. The molecule has 28 heavy (non-hydrogen) atoms. The molecule has 0 bridgehead atoms. The summed E-state index contributed by atoms with van der Waals surface area (Å²) in [5.41, 5.74) is 5.16. The zero-order valence-electron chi connectivity index (χ0n) is 15.1. The largest absolute Gasteiger partial charge is 0.497 e. The van der Waals surface area contributed by atoms with Crippen LogP contribution in [0.15, 0.2) is 82.5 Å². The monoisotopic (exact) mass is 371 g/mol. The Morgan fingerprint density at radius 1 is 1.11 bits per heavy atom. The third-order valence-corrected chi connectivity index (χ3v) is 4.21. The summed E-state index contributed by atoms with van der Waals surface area (Å²) in [5, 5.41) is 4.81. The Bertz CT molecular complexity index is 1150. The summed E-state index contributed by atoms with van der Waals surface area (Å²) < 4.78 is 10.6. The second kappa shape index (κ2) is 7.75. The lowest BCUT2D eigenvalue weighted by molar-refractivity contribution is 0.0956. The lowest BCUT2D eigenvalue weighted by Crippen LogP contribution is -2.18. The van der Waals surface area contributed by atoms with Crippen LogP contribution in [0.1, 0.15) is 15.9 Å². The molecule has 1 N–H and O–H groups in total. The normalized spacial score (nSPS) is 11.0. The van der Waals surface area contributed by atoms with Gasteiger partial charge in [0.2, 0.25) is 0 Å². The van der Waals surface area contributed by atoms with Crippen LogP contribution < -0.4 is 10.2 Å². The van der Waals surface area contributed by atoms with Gasteiger partial charge in [0.25, 0.3) is 5.91 Å². The van der Waals surface area contributed by atoms with Gasteiger partial charge in [-0.05, 0) is 42.0 Å². The van der Waals surface area contributed by atoms with Crippen molar-refractivity contribution >= 4 is 23.0 Å². The van der Waals surface area contributed by atoms with E-state index in [1.165, 1.54) is 0 Å². The van der Waals surface area contributed by atoms with Crippen molar-refractivity contribution in [2.45, 2.75) is 0 Å². The predicted molar refractivity (Wildman–Crippen MR) is 107 cm³/mol. The topological polar surface area (TPSA) is 76.7 Å². The number of hydrogen-bond donors (Lipinski definition) is 1. The number of nitrogens with one attached hydrogen (secondary N) is 1. The van der Waals surface area contributed by atoms with Crippen LogP contribution in [0.4, 0.5) is 0 Å². The average molecular weight is 371 g/mol. The molecule has 2 aromatic carbocycles. The minimum Gasteiger partial charge on any atom is -0.497 e. The van der Waals surface area contributed by atoms with Gasteiger partial charge in [-0.15, -0.1) is 0 Å². The van der Waals surface area contributed by atoms with E-state index in [0.717, 1.165) is 16.7 Å². The first-order valence-corrected chi connectivity index (χ1v) is 8.66. The van der Waals surface area contributed by atoms with Crippen LogP contribution in [0.5, 0.6) is 5.75 Å². The first-order chi connectivity index (χ1) is 13.7. The second-order valence-electron chi connectivity index (χ2n) is 6.03. The van der Waals surface area contributed by atoms with Crippen LogP contribution in [0.3, 0.4) is 0 Å². The number of para-hydroxylation sites is 1. The maximum Gasteiger partial charge on any atom is 0.272 e. The summed E-state index contributed by atoms with van der Waals surface area (Å²) in [6.45, 7) is 0. The lowest BCUT2D eigenvalue weighted by atomic mass is 10.1. The quantitative estimate of drug-likeness (QED) is 0.420. The van der Waals surface area contributed by atoms with Crippen molar-refractivity contribution in [1.29, 1.82) is 0 Å². The van der Waals surface area contributed by atoms with Crippen LogP contribution in [0.25, 0.3) is 22.4 Å². The van der Waals surface area contributed by atoms with E-state index in [0.29, 0.717) is 22.5 Å². The van der Waals surface area contributed by atoms with Crippen molar-refractivity contribution in [1.82, 2.24) is 10.4 Å². The van der Waals surface area contributed by atoms with Crippen molar-refractivity contribution in [2.75, 3.05) is 7.11 Å². The standard InChI is InChI=1S/C22H17N3O3/c1-27-16-7-4-6-15(12-16)14-23-25-22(26)18-13-20(21-10-5-11-28-21)24-19-9-3-2-8-17(18)19/h2-14H,1H3,(H,25,26)/b23-14-. The van der Waals surface area contributed by atoms with E-state index in [1.54, 1.807) is 37.8 Å². The number of aromatic nitrogens is 1. The predicted octanol–water partition coefficient (Wildman–Crippen LogP) is 4.27. The molecule has 0 aliphatic rings. The number of methoxy groups -OCH3 is 1. The van der Waals surface area contributed by atoms with Crippen LogP contribution in [0.2, 0.25) is 0 Å². The van der Waals surface area contributed by atoms with Crippen molar-refractivity contribution < 1.29 is 13.9 Å². The van der Waals surface area contributed by atoms with E-state index in [9.17, 15) is 4.79 Å². The number of carbonyl (C=O) groups is 1. The smallest absolute Gasteiger partial charge is 0.272 e. The van der Waals surface area contributed by atoms with E-state index in [-0.39, 0.29) is 5.91 Å². The Hall–Kier alpha value is -3.93. The molecule has 0 saturated heterocycles. The zero-order valence-corrected chi connectivity index (χ0v) is 15.1. The van der Waals surface area contributed by atoms with Crippen LogP contribution in [-0.2, 0) is 0 Å². The Kier molecular flexibility index (Phi) is 4.84. The molecule has 0 radical (unpaired) electrons. The summed E-state index contributed by atoms with van der Waals surface area (Å²) in [4.78, 5) is 17.4. The van der Waals surface area contributed by atoms with Gasteiger partial charge in [-0.3, -0.25) is 4.79 Å². The molecule has 0 atom stereocenters. The Morgan fingerprint density at radius 3 is 2.82 bits per heavy atom. The number of fused-ring (bicyclic) bond motifs is 1. The minimum atomic E-state index is -0.328. The molecule has 138 valence electrons. The highest BCUT2D eigenvalue weighted by Gasteiger charge is 2.14. The van der Waals surface area contributed by atoms with E-state index < -0.39 is 0 Å². The summed E-state index contributed by atoms with van der Waals surface area (Å²) in [6, 6.07) is 20.1. The van der Waals surface area contributed by atoms with Crippen LogP contribution in [-0.4, -0.2) is 24.2 Å². The van der Waals surface area contributed by atoms with Gasteiger partial charge < -0.3 is 9.15 Å². The SMILES string of the molecule is COc1cccc(/C=N\NC(=O)c2cc(-c3ccco3)nc3ccccc23)c1. The summed E-state index contributed by atoms with van der Waals surface area (Å²) >= 11 is 0. The molecular formula is C22H17N3O3. The summed E-state index contributed by atoms with van der Waals surface area (Å²) in [5.74, 6) is 0.990. The third-order valence-electron chi connectivity index (χ3n) is 4.21. The Balaban J connectivity index is 1.64. The van der Waals surface area contributed by atoms with Gasteiger partial charge in [-0.25, -0.2) is 10.4 Å². The highest BCUT2D eigenvalue weighted by Crippen LogP contribution is 2.25. The van der Waals surface area contributed by atoms with Crippen molar-refractivity contribution in [3.05, 3.63) is 84.1 Å². The Morgan fingerprint density at radius 2 is 2.00 bits per heavy atom. The van der Waals surface area contributed by atoms with Crippen LogP contribution in [0, 0.1) is 0 Å². The number of amides is 1. The molecule has 4 rings (SSSR count). The van der Waals surface area contributed by atoms with E-state index >= 15 is 0 Å².